The summed E-state index contributed by atoms with van der Waals surface area (Å²) in [5.41, 5.74) is 1.29. The third-order valence-corrected chi connectivity index (χ3v) is 3.11. The summed E-state index contributed by atoms with van der Waals surface area (Å²) in [4.78, 5) is 0. The van der Waals surface area contributed by atoms with E-state index >= 15 is 0 Å². The molecule has 1 aromatic carbocycles. The van der Waals surface area contributed by atoms with Crippen molar-refractivity contribution in [3.8, 4) is 0 Å². The van der Waals surface area contributed by atoms with Gasteiger partial charge in [0.25, 0.3) is 0 Å². The number of hydrogen-bond acceptors (Lipinski definition) is 2. The van der Waals surface area contributed by atoms with Crippen molar-refractivity contribution in [2.75, 3.05) is 13.1 Å². The maximum absolute atomic E-state index is 6.11. The molecule has 1 aromatic rings. The van der Waals surface area contributed by atoms with Crippen LogP contribution in [0, 0.1) is 0 Å². The predicted octanol–water partition coefficient (Wildman–Crippen LogP) is 2.91. The molecule has 2 atom stereocenters. The van der Waals surface area contributed by atoms with Crippen molar-refractivity contribution in [1.29, 1.82) is 0 Å². The summed E-state index contributed by atoms with van der Waals surface area (Å²) in [5, 5.41) is 3.47. The van der Waals surface area contributed by atoms with Crippen LogP contribution in [0.3, 0.4) is 0 Å². The zero-order valence-electron chi connectivity index (χ0n) is 9.99. The van der Waals surface area contributed by atoms with E-state index in [1.54, 1.807) is 0 Å². The highest BCUT2D eigenvalue weighted by Gasteiger charge is 2.22. The van der Waals surface area contributed by atoms with Crippen LogP contribution in [-0.4, -0.2) is 19.2 Å². The molecule has 0 bridgehead atoms. The number of unbranched alkanes of at least 4 members (excludes halogenated alkanes) is 1. The number of nitrogens with one attached hydrogen (secondary N) is 1. The molecule has 2 rings (SSSR count). The lowest BCUT2D eigenvalue weighted by molar-refractivity contribution is -0.0430. The molecule has 2 heteroatoms. The van der Waals surface area contributed by atoms with Gasteiger partial charge in [-0.15, -0.1) is 0 Å². The molecule has 2 unspecified atom stereocenters. The second-order valence-corrected chi connectivity index (χ2v) is 4.46. The summed E-state index contributed by atoms with van der Waals surface area (Å²) in [6, 6.07) is 10.5. The van der Waals surface area contributed by atoms with Crippen LogP contribution >= 0.6 is 0 Å². The standard InChI is InChI=1S/C14H21NO/c1-2-3-9-13-10-15-11-14(16-13)12-7-5-4-6-8-12/h4-8,13-15H,2-3,9-11H2,1H3. The summed E-state index contributed by atoms with van der Waals surface area (Å²) in [5.74, 6) is 0. The van der Waals surface area contributed by atoms with E-state index in [9.17, 15) is 0 Å². The third kappa shape index (κ3) is 3.06. The second kappa shape index (κ2) is 6.02. The van der Waals surface area contributed by atoms with Crippen LogP contribution in [0.5, 0.6) is 0 Å². The van der Waals surface area contributed by atoms with E-state index in [-0.39, 0.29) is 6.10 Å². The zero-order valence-corrected chi connectivity index (χ0v) is 9.99. The molecule has 1 aliphatic heterocycles. The van der Waals surface area contributed by atoms with Gasteiger partial charge >= 0.3 is 0 Å². The van der Waals surface area contributed by atoms with Crippen molar-refractivity contribution in [3.05, 3.63) is 35.9 Å². The highest BCUT2D eigenvalue weighted by atomic mass is 16.5. The van der Waals surface area contributed by atoms with Gasteiger partial charge in [0, 0.05) is 13.1 Å². The van der Waals surface area contributed by atoms with Crippen molar-refractivity contribution in [2.24, 2.45) is 0 Å². The Kier molecular flexibility index (Phi) is 4.37. The van der Waals surface area contributed by atoms with Gasteiger partial charge in [-0.1, -0.05) is 50.1 Å². The lowest BCUT2D eigenvalue weighted by atomic mass is 10.1. The molecular formula is C14H21NO. The molecule has 16 heavy (non-hydrogen) atoms. The van der Waals surface area contributed by atoms with E-state index in [4.69, 9.17) is 4.74 Å². The van der Waals surface area contributed by atoms with Crippen LogP contribution in [0.15, 0.2) is 30.3 Å². The van der Waals surface area contributed by atoms with Crippen LogP contribution in [-0.2, 0) is 4.74 Å². The fourth-order valence-corrected chi connectivity index (χ4v) is 2.17. The molecule has 0 saturated carbocycles. The SMILES string of the molecule is CCCCC1CNCC(c2ccccc2)O1. The van der Waals surface area contributed by atoms with Crippen molar-refractivity contribution in [2.45, 2.75) is 38.4 Å². The van der Waals surface area contributed by atoms with Gasteiger partial charge in [-0.2, -0.15) is 0 Å². The Morgan fingerprint density at radius 3 is 2.81 bits per heavy atom. The number of morpholine rings is 1. The molecular weight excluding hydrogens is 198 g/mol. The molecule has 1 saturated heterocycles. The molecule has 0 amide bonds. The first-order chi connectivity index (χ1) is 7.90. The first kappa shape index (κ1) is 11.6. The highest BCUT2D eigenvalue weighted by Crippen LogP contribution is 2.22. The number of rotatable bonds is 4. The van der Waals surface area contributed by atoms with E-state index in [0.29, 0.717) is 6.10 Å². The number of benzene rings is 1. The zero-order chi connectivity index (χ0) is 11.2. The molecule has 0 spiro atoms. The smallest absolute Gasteiger partial charge is 0.0953 e. The summed E-state index contributed by atoms with van der Waals surface area (Å²) in [6.45, 7) is 4.17. The van der Waals surface area contributed by atoms with Gasteiger partial charge in [-0.05, 0) is 12.0 Å². The van der Waals surface area contributed by atoms with Crippen LogP contribution in [0.1, 0.15) is 37.9 Å². The number of ether oxygens (including phenoxy) is 1. The van der Waals surface area contributed by atoms with Crippen molar-refractivity contribution < 1.29 is 4.74 Å². The topological polar surface area (TPSA) is 21.3 Å². The molecule has 1 N–H and O–H groups in total. The average molecular weight is 219 g/mol. The minimum Gasteiger partial charge on any atom is -0.368 e. The summed E-state index contributed by atoms with van der Waals surface area (Å²) >= 11 is 0. The molecule has 88 valence electrons. The van der Waals surface area contributed by atoms with E-state index in [2.05, 4.69) is 36.5 Å². The molecule has 0 aromatic heterocycles. The van der Waals surface area contributed by atoms with E-state index in [1.165, 1.54) is 24.8 Å². The highest BCUT2D eigenvalue weighted by molar-refractivity contribution is 5.18. The van der Waals surface area contributed by atoms with Crippen molar-refractivity contribution >= 4 is 0 Å². The maximum atomic E-state index is 6.11. The Hall–Kier alpha value is -0.860. The Morgan fingerprint density at radius 1 is 1.25 bits per heavy atom. The second-order valence-electron chi connectivity index (χ2n) is 4.46. The minimum atomic E-state index is 0.233. The minimum absolute atomic E-state index is 0.233. The van der Waals surface area contributed by atoms with E-state index in [1.807, 2.05) is 6.07 Å². The van der Waals surface area contributed by atoms with Crippen molar-refractivity contribution in [3.63, 3.8) is 0 Å². The van der Waals surface area contributed by atoms with Crippen LogP contribution in [0.2, 0.25) is 0 Å². The van der Waals surface area contributed by atoms with Gasteiger partial charge in [0.05, 0.1) is 12.2 Å². The van der Waals surface area contributed by atoms with Gasteiger partial charge in [0.2, 0.25) is 0 Å². The van der Waals surface area contributed by atoms with Crippen molar-refractivity contribution in [1.82, 2.24) is 5.32 Å². The van der Waals surface area contributed by atoms with Gasteiger partial charge in [0.15, 0.2) is 0 Å². The Balaban J connectivity index is 1.91. The fraction of sp³-hybridized carbons (Fsp3) is 0.571. The molecule has 1 heterocycles. The third-order valence-electron chi connectivity index (χ3n) is 3.11. The van der Waals surface area contributed by atoms with Crippen LogP contribution < -0.4 is 5.32 Å². The molecule has 0 aliphatic carbocycles. The Labute approximate surface area is 98.0 Å². The number of hydrogen-bond donors (Lipinski definition) is 1. The average Bonchev–Trinajstić information content (AvgIpc) is 2.38. The van der Waals surface area contributed by atoms with Gasteiger partial charge in [-0.3, -0.25) is 0 Å². The Morgan fingerprint density at radius 2 is 2.06 bits per heavy atom. The summed E-state index contributed by atoms with van der Waals surface area (Å²) < 4.78 is 6.11. The Bertz CT molecular complexity index is 299. The van der Waals surface area contributed by atoms with Crippen LogP contribution in [0.25, 0.3) is 0 Å². The predicted molar refractivity (Wildman–Crippen MR) is 66.5 cm³/mol. The lowest BCUT2D eigenvalue weighted by Crippen LogP contribution is -2.40. The lowest BCUT2D eigenvalue weighted by Gasteiger charge is -2.31. The monoisotopic (exact) mass is 219 g/mol. The first-order valence-electron chi connectivity index (χ1n) is 6.31. The van der Waals surface area contributed by atoms with E-state index < -0.39 is 0 Å². The first-order valence-corrected chi connectivity index (χ1v) is 6.31. The quantitative estimate of drug-likeness (QED) is 0.840. The maximum Gasteiger partial charge on any atom is 0.0953 e. The molecule has 1 fully saturated rings. The summed E-state index contributed by atoms with van der Waals surface area (Å²) in [6.07, 6.45) is 4.30. The summed E-state index contributed by atoms with van der Waals surface area (Å²) in [7, 11) is 0. The van der Waals surface area contributed by atoms with E-state index in [0.717, 1.165) is 13.1 Å². The largest absolute Gasteiger partial charge is 0.368 e. The molecule has 1 aliphatic rings. The normalized spacial score (nSPS) is 25.6. The fourth-order valence-electron chi connectivity index (χ4n) is 2.17. The van der Waals surface area contributed by atoms with Crippen LogP contribution in [0.4, 0.5) is 0 Å². The molecule has 2 nitrogen and oxygen atoms in total. The van der Waals surface area contributed by atoms with Gasteiger partial charge in [0.1, 0.15) is 0 Å². The van der Waals surface area contributed by atoms with Gasteiger partial charge < -0.3 is 10.1 Å². The molecule has 0 radical (unpaired) electrons. The van der Waals surface area contributed by atoms with Gasteiger partial charge in [-0.25, -0.2) is 0 Å².